The van der Waals surface area contributed by atoms with E-state index in [0.717, 1.165) is 54.6 Å². The fourth-order valence-electron chi connectivity index (χ4n) is 4.81. The van der Waals surface area contributed by atoms with Crippen LogP contribution < -0.4 is 9.62 Å². The number of sulfonamides is 1. The molecule has 0 bridgehead atoms. The molecule has 2 amide bonds. The number of hydrogen-bond donors (Lipinski definition) is 1. The molecule has 1 aliphatic carbocycles. The summed E-state index contributed by atoms with van der Waals surface area (Å²) in [5.74, 6) is -0.734. The number of amides is 2. The summed E-state index contributed by atoms with van der Waals surface area (Å²) in [6.07, 6.45) is 7.34. The van der Waals surface area contributed by atoms with E-state index in [1.54, 1.807) is 30.3 Å². The fraction of sp³-hybridized carbons (Fsp3) is 0.500. The third-order valence-corrected chi connectivity index (χ3v) is 8.73. The highest BCUT2D eigenvalue weighted by Gasteiger charge is 2.33. The molecule has 0 aliphatic heterocycles. The first kappa shape index (κ1) is 30.3. The minimum absolute atomic E-state index is 0.0395. The van der Waals surface area contributed by atoms with Crippen molar-refractivity contribution in [2.24, 2.45) is 0 Å². The Bertz CT molecular complexity index is 1220. The Morgan fingerprint density at radius 1 is 1.03 bits per heavy atom. The zero-order chi connectivity index (χ0) is 27.9. The van der Waals surface area contributed by atoms with Crippen LogP contribution in [0.4, 0.5) is 5.69 Å². The third kappa shape index (κ3) is 8.10. The Morgan fingerprint density at radius 2 is 1.68 bits per heavy atom. The van der Waals surface area contributed by atoms with Gasteiger partial charge in [0.15, 0.2) is 0 Å². The van der Waals surface area contributed by atoms with Crippen LogP contribution in [0.5, 0.6) is 0 Å². The average Bonchev–Trinajstić information content (AvgIpc) is 2.88. The lowest BCUT2D eigenvalue weighted by molar-refractivity contribution is -0.140. The second-order valence-electron chi connectivity index (χ2n) is 9.81. The van der Waals surface area contributed by atoms with Gasteiger partial charge in [-0.1, -0.05) is 74.5 Å². The minimum Gasteiger partial charge on any atom is -0.352 e. The van der Waals surface area contributed by atoms with Crippen LogP contribution in [0.3, 0.4) is 0 Å². The monoisotopic (exact) mass is 581 g/mol. The van der Waals surface area contributed by atoms with Gasteiger partial charge in [0.05, 0.1) is 11.9 Å². The van der Waals surface area contributed by atoms with Crippen LogP contribution in [0.2, 0.25) is 10.0 Å². The van der Waals surface area contributed by atoms with E-state index in [1.165, 1.54) is 4.90 Å². The van der Waals surface area contributed by atoms with Gasteiger partial charge in [-0.15, -0.1) is 0 Å². The average molecular weight is 583 g/mol. The maximum absolute atomic E-state index is 13.8. The molecule has 208 valence electrons. The number of rotatable bonds is 11. The van der Waals surface area contributed by atoms with E-state index < -0.39 is 28.5 Å². The summed E-state index contributed by atoms with van der Waals surface area (Å²) in [6.45, 7) is 3.45. The number of carbonyl (C=O) groups excluding carboxylic acids is 2. The van der Waals surface area contributed by atoms with Crippen molar-refractivity contribution in [2.45, 2.75) is 77.4 Å². The second kappa shape index (κ2) is 13.7. The number of halogens is 2. The molecule has 2 aromatic rings. The zero-order valence-corrected chi connectivity index (χ0v) is 24.6. The highest BCUT2D eigenvalue weighted by atomic mass is 35.5. The maximum Gasteiger partial charge on any atom is 0.244 e. The molecular weight excluding hydrogens is 545 g/mol. The molecule has 0 saturated heterocycles. The van der Waals surface area contributed by atoms with Gasteiger partial charge in [-0.25, -0.2) is 8.42 Å². The summed E-state index contributed by atoms with van der Waals surface area (Å²) in [7, 11) is -3.79. The molecule has 1 aliphatic rings. The molecule has 1 N–H and O–H groups in total. The van der Waals surface area contributed by atoms with Crippen molar-refractivity contribution >= 4 is 50.7 Å². The Labute approximate surface area is 236 Å². The van der Waals surface area contributed by atoms with Gasteiger partial charge >= 0.3 is 0 Å². The molecule has 2 aromatic carbocycles. The summed E-state index contributed by atoms with van der Waals surface area (Å²) in [5, 5.41) is 3.95. The van der Waals surface area contributed by atoms with E-state index in [-0.39, 0.29) is 18.5 Å². The van der Waals surface area contributed by atoms with Crippen molar-refractivity contribution < 1.29 is 18.0 Å². The quantitative estimate of drug-likeness (QED) is 0.375. The topological polar surface area (TPSA) is 86.8 Å². The first-order valence-electron chi connectivity index (χ1n) is 13.1. The number of carbonyl (C=O) groups is 2. The van der Waals surface area contributed by atoms with Gasteiger partial charge in [0, 0.05) is 22.6 Å². The summed E-state index contributed by atoms with van der Waals surface area (Å²) in [6, 6.07) is 11.3. The molecule has 10 heteroatoms. The van der Waals surface area contributed by atoms with E-state index in [4.69, 9.17) is 23.2 Å². The largest absolute Gasteiger partial charge is 0.352 e. The van der Waals surface area contributed by atoms with Crippen molar-refractivity contribution in [1.82, 2.24) is 10.2 Å². The van der Waals surface area contributed by atoms with Crippen LogP contribution in [-0.2, 0) is 32.6 Å². The van der Waals surface area contributed by atoms with Crippen LogP contribution >= 0.6 is 23.2 Å². The lowest BCUT2D eigenvalue weighted by Crippen LogP contribution is -2.54. The molecule has 1 saturated carbocycles. The molecule has 0 heterocycles. The Hall–Kier alpha value is -2.29. The van der Waals surface area contributed by atoms with Gasteiger partial charge in [-0.3, -0.25) is 13.9 Å². The van der Waals surface area contributed by atoms with E-state index in [0.29, 0.717) is 27.7 Å². The van der Waals surface area contributed by atoms with Crippen LogP contribution in [0.15, 0.2) is 42.5 Å². The molecular formula is C28H37Cl2N3O4S. The molecule has 38 heavy (non-hydrogen) atoms. The maximum atomic E-state index is 13.8. The van der Waals surface area contributed by atoms with Gasteiger partial charge in [0.2, 0.25) is 21.8 Å². The number of benzene rings is 2. The van der Waals surface area contributed by atoms with E-state index in [1.807, 2.05) is 26.0 Å². The predicted molar refractivity (Wildman–Crippen MR) is 154 cm³/mol. The highest BCUT2D eigenvalue weighted by molar-refractivity contribution is 7.92. The molecule has 3 rings (SSSR count). The lowest BCUT2D eigenvalue weighted by atomic mass is 9.95. The second-order valence-corrected chi connectivity index (χ2v) is 12.6. The molecule has 0 unspecified atom stereocenters. The Morgan fingerprint density at radius 3 is 2.24 bits per heavy atom. The van der Waals surface area contributed by atoms with Crippen LogP contribution in [0.1, 0.15) is 63.5 Å². The molecule has 0 aromatic heterocycles. The lowest BCUT2D eigenvalue weighted by Gasteiger charge is -2.34. The number of hydrogen-bond acceptors (Lipinski definition) is 4. The highest BCUT2D eigenvalue weighted by Crippen LogP contribution is 2.25. The van der Waals surface area contributed by atoms with Crippen molar-refractivity contribution in [3.8, 4) is 0 Å². The summed E-state index contributed by atoms with van der Waals surface area (Å²) >= 11 is 12.5. The van der Waals surface area contributed by atoms with Gasteiger partial charge in [-0.2, -0.15) is 0 Å². The smallest absolute Gasteiger partial charge is 0.244 e. The van der Waals surface area contributed by atoms with Gasteiger partial charge in [0.25, 0.3) is 0 Å². The van der Waals surface area contributed by atoms with Crippen molar-refractivity contribution in [3.05, 3.63) is 63.6 Å². The predicted octanol–water partition coefficient (Wildman–Crippen LogP) is 5.58. The first-order valence-corrected chi connectivity index (χ1v) is 15.7. The van der Waals surface area contributed by atoms with Crippen molar-refractivity contribution in [1.29, 1.82) is 0 Å². The zero-order valence-electron chi connectivity index (χ0n) is 22.3. The number of nitrogens with one attached hydrogen (secondary N) is 1. The van der Waals surface area contributed by atoms with Gasteiger partial charge in [-0.05, 0) is 61.1 Å². The fourth-order valence-corrected chi connectivity index (χ4v) is 6.13. The molecule has 1 atom stereocenters. The van der Waals surface area contributed by atoms with Crippen LogP contribution in [-0.4, -0.2) is 50.0 Å². The third-order valence-electron chi connectivity index (χ3n) is 7.01. The first-order chi connectivity index (χ1) is 18.0. The summed E-state index contributed by atoms with van der Waals surface area (Å²) < 4.78 is 26.6. The molecule has 1 fully saturated rings. The summed E-state index contributed by atoms with van der Waals surface area (Å²) in [5.41, 5.74) is 2.06. The molecule has 7 nitrogen and oxygen atoms in total. The summed E-state index contributed by atoms with van der Waals surface area (Å²) in [4.78, 5) is 28.7. The minimum atomic E-state index is -3.79. The van der Waals surface area contributed by atoms with Crippen LogP contribution in [0, 0.1) is 0 Å². The normalized spacial score (nSPS) is 15.1. The molecule has 0 spiro atoms. The SMILES string of the molecule is CCc1ccc(N(CC(=O)N(Cc2ccc(Cl)cc2Cl)[C@H](CC)C(=O)NC2CCCCC2)S(C)(=O)=O)cc1. The Kier molecular flexibility index (Phi) is 10.9. The van der Waals surface area contributed by atoms with Gasteiger partial charge in [0.1, 0.15) is 12.6 Å². The number of anilines is 1. The molecule has 0 radical (unpaired) electrons. The number of nitrogens with zero attached hydrogens (tertiary/aromatic N) is 2. The van der Waals surface area contributed by atoms with E-state index in [9.17, 15) is 18.0 Å². The van der Waals surface area contributed by atoms with Crippen LogP contribution in [0.25, 0.3) is 0 Å². The standard InChI is InChI=1S/C28H37Cl2N3O4S/c1-4-20-11-15-24(16-12-20)33(38(3,36)37)19-27(34)32(18-21-13-14-22(29)17-25(21)30)26(5-2)28(35)31-23-9-7-6-8-10-23/h11-17,23,26H,4-10,18-19H2,1-3H3,(H,31,35)/t26-/m1/s1. The van der Waals surface area contributed by atoms with E-state index >= 15 is 0 Å². The van der Waals surface area contributed by atoms with E-state index in [2.05, 4.69) is 5.32 Å². The van der Waals surface area contributed by atoms with Gasteiger partial charge < -0.3 is 10.2 Å². The van der Waals surface area contributed by atoms with Crippen molar-refractivity contribution in [3.63, 3.8) is 0 Å². The number of aryl methyl sites for hydroxylation is 1. The Balaban J connectivity index is 1.93. The van der Waals surface area contributed by atoms with Crippen molar-refractivity contribution in [2.75, 3.05) is 17.1 Å².